The van der Waals surface area contributed by atoms with Crippen LogP contribution in [0.25, 0.3) is 0 Å². The summed E-state index contributed by atoms with van der Waals surface area (Å²) in [5, 5.41) is 0. The molecule has 0 aliphatic carbocycles. The van der Waals surface area contributed by atoms with Crippen molar-refractivity contribution in [1.82, 2.24) is 0 Å². The van der Waals surface area contributed by atoms with E-state index in [9.17, 15) is 4.79 Å². The number of hydrogen-bond acceptors (Lipinski definition) is 1. The molecule has 0 bridgehead atoms. The van der Waals surface area contributed by atoms with Crippen molar-refractivity contribution in [1.29, 1.82) is 0 Å². The molecule has 0 atom stereocenters. The lowest BCUT2D eigenvalue weighted by Crippen LogP contribution is -2.13. The van der Waals surface area contributed by atoms with E-state index in [-0.39, 0.29) is 11.2 Å². The van der Waals surface area contributed by atoms with E-state index < -0.39 is 0 Å². The smallest absolute Gasteiger partial charge is 0.133 e. The molecular formula is C8H15O. The lowest BCUT2D eigenvalue weighted by atomic mass is 9.85. The highest BCUT2D eigenvalue weighted by Crippen LogP contribution is 2.23. The molecule has 0 aliphatic rings. The van der Waals surface area contributed by atoms with Gasteiger partial charge >= 0.3 is 0 Å². The fourth-order valence-corrected chi connectivity index (χ4v) is 0.659. The Labute approximate surface area is 57.5 Å². The molecule has 0 spiro atoms. The van der Waals surface area contributed by atoms with Gasteiger partial charge in [0, 0.05) is 13.3 Å². The van der Waals surface area contributed by atoms with E-state index in [1.54, 1.807) is 0 Å². The van der Waals surface area contributed by atoms with Gasteiger partial charge in [-0.05, 0) is 5.41 Å². The molecule has 0 aromatic heterocycles. The average molecular weight is 127 g/mol. The van der Waals surface area contributed by atoms with Crippen molar-refractivity contribution >= 4 is 5.78 Å². The van der Waals surface area contributed by atoms with Crippen LogP contribution in [-0.2, 0) is 4.79 Å². The SMILES string of the molecule is [CH2]C(=O)CC(C)(C)CC. The third-order valence-electron chi connectivity index (χ3n) is 1.63. The molecule has 0 saturated carbocycles. The second-order valence-corrected chi connectivity index (χ2v) is 3.23. The van der Waals surface area contributed by atoms with Crippen molar-refractivity contribution in [3.05, 3.63) is 6.92 Å². The lowest BCUT2D eigenvalue weighted by Gasteiger charge is -2.19. The molecule has 1 nitrogen and oxygen atoms in total. The first-order chi connectivity index (χ1) is 3.98. The Morgan fingerprint density at radius 2 is 2.00 bits per heavy atom. The third kappa shape index (κ3) is 4.19. The summed E-state index contributed by atoms with van der Waals surface area (Å²) in [6.07, 6.45) is 1.64. The van der Waals surface area contributed by atoms with Crippen molar-refractivity contribution in [3.8, 4) is 0 Å². The Hall–Kier alpha value is -0.330. The van der Waals surface area contributed by atoms with Gasteiger partial charge in [0.1, 0.15) is 5.78 Å². The molecule has 0 N–H and O–H groups in total. The van der Waals surface area contributed by atoms with Crippen LogP contribution < -0.4 is 0 Å². The van der Waals surface area contributed by atoms with E-state index >= 15 is 0 Å². The number of Topliss-reactive ketones (excluding diaryl/α,β-unsaturated/α-hetero) is 1. The van der Waals surface area contributed by atoms with Crippen LogP contribution in [-0.4, -0.2) is 5.78 Å². The van der Waals surface area contributed by atoms with Gasteiger partial charge in [-0.1, -0.05) is 27.2 Å². The van der Waals surface area contributed by atoms with Gasteiger partial charge in [0.25, 0.3) is 0 Å². The second-order valence-electron chi connectivity index (χ2n) is 3.23. The number of hydrogen-bond donors (Lipinski definition) is 0. The van der Waals surface area contributed by atoms with Crippen molar-refractivity contribution < 1.29 is 4.79 Å². The summed E-state index contributed by atoms with van der Waals surface area (Å²) < 4.78 is 0. The van der Waals surface area contributed by atoms with Crippen LogP contribution in [0.15, 0.2) is 0 Å². The zero-order valence-electron chi connectivity index (χ0n) is 6.53. The van der Waals surface area contributed by atoms with Crippen molar-refractivity contribution in [2.75, 3.05) is 0 Å². The van der Waals surface area contributed by atoms with Gasteiger partial charge in [-0.2, -0.15) is 0 Å². The largest absolute Gasteiger partial charge is 0.300 e. The van der Waals surface area contributed by atoms with Gasteiger partial charge in [-0.25, -0.2) is 0 Å². The minimum absolute atomic E-state index is 0.0434. The van der Waals surface area contributed by atoms with E-state index in [0.29, 0.717) is 6.42 Å². The quantitative estimate of drug-likeness (QED) is 0.568. The van der Waals surface area contributed by atoms with Gasteiger partial charge in [-0.15, -0.1) is 0 Å². The summed E-state index contributed by atoms with van der Waals surface area (Å²) in [5.74, 6) is 0.0434. The van der Waals surface area contributed by atoms with E-state index in [1.807, 2.05) is 0 Å². The number of carbonyl (C=O) groups is 1. The second kappa shape index (κ2) is 3.00. The topological polar surface area (TPSA) is 17.1 Å². The Morgan fingerprint density at radius 3 is 2.11 bits per heavy atom. The Kier molecular flexibility index (Phi) is 2.89. The van der Waals surface area contributed by atoms with Crippen LogP contribution in [0, 0.1) is 12.3 Å². The van der Waals surface area contributed by atoms with Gasteiger partial charge in [0.15, 0.2) is 0 Å². The van der Waals surface area contributed by atoms with Crippen molar-refractivity contribution in [3.63, 3.8) is 0 Å². The first-order valence-electron chi connectivity index (χ1n) is 3.33. The number of carbonyl (C=O) groups excluding carboxylic acids is 1. The maximum absolute atomic E-state index is 10.5. The first kappa shape index (κ1) is 8.67. The Bertz CT molecular complexity index is 103. The molecule has 1 heteroatoms. The fourth-order valence-electron chi connectivity index (χ4n) is 0.659. The number of ketones is 1. The molecule has 0 aromatic carbocycles. The summed E-state index contributed by atoms with van der Waals surface area (Å²) in [6, 6.07) is 0. The molecular weight excluding hydrogens is 112 g/mol. The minimum atomic E-state index is 0.0434. The summed E-state index contributed by atoms with van der Waals surface area (Å²) >= 11 is 0. The molecule has 0 heterocycles. The maximum atomic E-state index is 10.5. The highest BCUT2D eigenvalue weighted by molar-refractivity contribution is 5.82. The molecule has 0 aromatic rings. The third-order valence-corrected chi connectivity index (χ3v) is 1.63. The van der Waals surface area contributed by atoms with Crippen molar-refractivity contribution in [2.24, 2.45) is 5.41 Å². The van der Waals surface area contributed by atoms with E-state index in [0.717, 1.165) is 6.42 Å². The Balaban J connectivity index is 3.71. The monoisotopic (exact) mass is 127 g/mol. The zero-order chi connectivity index (χ0) is 7.49. The highest BCUT2D eigenvalue weighted by atomic mass is 16.1. The van der Waals surface area contributed by atoms with Crippen LogP contribution in [0.4, 0.5) is 0 Å². The van der Waals surface area contributed by atoms with E-state index in [2.05, 4.69) is 27.7 Å². The molecule has 53 valence electrons. The summed E-state index contributed by atoms with van der Waals surface area (Å²) in [5.41, 5.74) is 0.152. The summed E-state index contributed by atoms with van der Waals surface area (Å²) in [4.78, 5) is 10.5. The normalized spacial score (nSPS) is 11.6. The summed E-state index contributed by atoms with van der Waals surface area (Å²) in [7, 11) is 0. The molecule has 0 amide bonds. The van der Waals surface area contributed by atoms with Gasteiger partial charge in [0.05, 0.1) is 0 Å². The van der Waals surface area contributed by atoms with Crippen LogP contribution in [0.2, 0.25) is 0 Å². The van der Waals surface area contributed by atoms with Gasteiger partial charge in [0.2, 0.25) is 0 Å². The molecule has 0 saturated heterocycles. The molecule has 0 fully saturated rings. The van der Waals surface area contributed by atoms with Crippen LogP contribution in [0.3, 0.4) is 0 Å². The van der Waals surface area contributed by atoms with E-state index in [4.69, 9.17) is 0 Å². The van der Waals surface area contributed by atoms with E-state index in [1.165, 1.54) is 0 Å². The zero-order valence-corrected chi connectivity index (χ0v) is 6.53. The lowest BCUT2D eigenvalue weighted by molar-refractivity contribution is -0.116. The molecule has 9 heavy (non-hydrogen) atoms. The standard InChI is InChI=1S/C8H15O/c1-5-8(3,4)6-7(2)9/h2,5-6H2,1,3-4H3. The number of rotatable bonds is 3. The minimum Gasteiger partial charge on any atom is -0.300 e. The molecule has 0 unspecified atom stereocenters. The summed E-state index contributed by atoms with van der Waals surface area (Å²) in [6.45, 7) is 9.58. The van der Waals surface area contributed by atoms with Gasteiger partial charge in [-0.3, -0.25) is 4.79 Å². The first-order valence-corrected chi connectivity index (χ1v) is 3.33. The van der Waals surface area contributed by atoms with Crippen LogP contribution in [0.5, 0.6) is 0 Å². The highest BCUT2D eigenvalue weighted by Gasteiger charge is 2.16. The fraction of sp³-hybridized carbons (Fsp3) is 0.750. The van der Waals surface area contributed by atoms with Crippen molar-refractivity contribution in [2.45, 2.75) is 33.6 Å². The molecule has 0 aliphatic heterocycles. The Morgan fingerprint density at radius 1 is 1.56 bits per heavy atom. The van der Waals surface area contributed by atoms with Gasteiger partial charge < -0.3 is 0 Å². The molecule has 0 rings (SSSR count). The van der Waals surface area contributed by atoms with Crippen LogP contribution >= 0.6 is 0 Å². The average Bonchev–Trinajstić information content (AvgIpc) is 1.63. The predicted molar refractivity (Wildman–Crippen MR) is 39.1 cm³/mol. The molecule has 1 radical (unpaired) electrons. The maximum Gasteiger partial charge on any atom is 0.133 e. The van der Waals surface area contributed by atoms with Crippen LogP contribution in [0.1, 0.15) is 33.6 Å². The predicted octanol–water partition coefficient (Wildman–Crippen LogP) is 2.22.